The van der Waals surface area contributed by atoms with Crippen molar-refractivity contribution in [1.29, 1.82) is 0 Å². The number of amides is 2. The molecule has 0 fully saturated rings. The minimum Gasteiger partial charge on any atom is -0.445 e. The molecular formula is C18H18ClFN2O3. The predicted octanol–water partition coefficient (Wildman–Crippen LogP) is 4.12. The maximum absolute atomic E-state index is 13.7. The van der Waals surface area contributed by atoms with Gasteiger partial charge in [0.05, 0.1) is 10.7 Å². The minimum absolute atomic E-state index is 0.0349. The Morgan fingerprint density at radius 2 is 1.84 bits per heavy atom. The molecule has 0 aliphatic carbocycles. The van der Waals surface area contributed by atoms with Gasteiger partial charge in [-0.2, -0.15) is 0 Å². The highest BCUT2D eigenvalue weighted by Crippen LogP contribution is 2.22. The fraction of sp³-hybridized carbons (Fsp3) is 0.222. The van der Waals surface area contributed by atoms with E-state index in [4.69, 9.17) is 16.3 Å². The Bertz CT molecular complexity index is 726. The summed E-state index contributed by atoms with van der Waals surface area (Å²) in [5, 5.41) is 4.94. The third-order valence-electron chi connectivity index (χ3n) is 3.29. The van der Waals surface area contributed by atoms with E-state index in [9.17, 15) is 14.0 Å². The van der Waals surface area contributed by atoms with E-state index in [0.717, 1.165) is 5.56 Å². The third-order valence-corrected chi connectivity index (χ3v) is 3.58. The SMILES string of the molecule is O=C(CCCNC(=O)OCc1ccccc1)Nc1cccc(Cl)c1F. The minimum atomic E-state index is -0.667. The van der Waals surface area contributed by atoms with E-state index in [1.54, 1.807) is 6.07 Å². The van der Waals surface area contributed by atoms with Crippen LogP contribution in [0.25, 0.3) is 0 Å². The molecule has 0 saturated carbocycles. The Hall–Kier alpha value is -2.60. The van der Waals surface area contributed by atoms with E-state index in [0.29, 0.717) is 6.42 Å². The first kappa shape index (κ1) is 18.7. The Labute approximate surface area is 150 Å². The number of hydrogen-bond donors (Lipinski definition) is 2. The molecule has 0 radical (unpaired) electrons. The van der Waals surface area contributed by atoms with Gasteiger partial charge >= 0.3 is 6.09 Å². The zero-order valence-electron chi connectivity index (χ0n) is 13.4. The second-order valence-electron chi connectivity index (χ2n) is 5.24. The fourth-order valence-corrected chi connectivity index (χ4v) is 2.20. The molecule has 2 aromatic rings. The summed E-state index contributed by atoms with van der Waals surface area (Å²) < 4.78 is 18.7. The van der Waals surface area contributed by atoms with Gasteiger partial charge < -0.3 is 15.4 Å². The second kappa shape index (κ2) is 9.64. The molecular weight excluding hydrogens is 347 g/mol. The summed E-state index contributed by atoms with van der Waals surface area (Å²) in [7, 11) is 0. The van der Waals surface area contributed by atoms with Gasteiger partial charge in [-0.05, 0) is 24.1 Å². The van der Waals surface area contributed by atoms with Crippen molar-refractivity contribution < 1.29 is 18.7 Å². The van der Waals surface area contributed by atoms with Gasteiger partial charge in [-0.15, -0.1) is 0 Å². The van der Waals surface area contributed by atoms with E-state index < -0.39 is 11.9 Å². The first-order valence-corrected chi connectivity index (χ1v) is 8.12. The predicted molar refractivity (Wildman–Crippen MR) is 93.9 cm³/mol. The fourth-order valence-electron chi connectivity index (χ4n) is 2.03. The maximum atomic E-state index is 13.7. The first-order valence-electron chi connectivity index (χ1n) is 7.74. The molecule has 25 heavy (non-hydrogen) atoms. The molecule has 2 rings (SSSR count). The summed E-state index contributed by atoms with van der Waals surface area (Å²) in [6.07, 6.45) is -0.0236. The second-order valence-corrected chi connectivity index (χ2v) is 5.65. The number of rotatable bonds is 7. The van der Waals surface area contributed by atoms with Crippen LogP contribution in [0, 0.1) is 5.82 Å². The molecule has 2 amide bonds. The Balaban J connectivity index is 1.62. The normalized spacial score (nSPS) is 10.2. The number of carbonyl (C=O) groups is 2. The van der Waals surface area contributed by atoms with Gasteiger partial charge in [-0.1, -0.05) is 48.0 Å². The maximum Gasteiger partial charge on any atom is 0.407 e. The number of halogens is 2. The number of benzene rings is 2. The number of nitrogens with one attached hydrogen (secondary N) is 2. The molecule has 0 atom stereocenters. The molecule has 0 aliphatic rings. The van der Waals surface area contributed by atoms with Crippen LogP contribution in [0.4, 0.5) is 14.9 Å². The summed E-state index contributed by atoms with van der Waals surface area (Å²) in [5.74, 6) is -1.03. The van der Waals surface area contributed by atoms with E-state index in [-0.39, 0.29) is 36.2 Å². The first-order chi connectivity index (χ1) is 12.1. The standard InChI is InChI=1S/C18H18ClFN2O3/c19-14-8-4-9-15(17(14)20)22-16(23)10-5-11-21-18(24)25-12-13-6-2-1-3-7-13/h1-4,6-9H,5,10-12H2,(H,21,24)(H,22,23). The van der Waals surface area contributed by atoms with Crippen LogP contribution < -0.4 is 10.6 Å². The average Bonchev–Trinajstić information content (AvgIpc) is 2.62. The monoisotopic (exact) mass is 364 g/mol. The number of anilines is 1. The van der Waals surface area contributed by atoms with Crippen molar-refractivity contribution in [3.63, 3.8) is 0 Å². The number of alkyl carbamates (subject to hydrolysis) is 1. The van der Waals surface area contributed by atoms with E-state index in [2.05, 4.69) is 10.6 Å². The molecule has 7 heteroatoms. The van der Waals surface area contributed by atoms with E-state index in [1.807, 2.05) is 30.3 Å². The molecule has 0 saturated heterocycles. The molecule has 0 unspecified atom stereocenters. The zero-order valence-corrected chi connectivity index (χ0v) is 14.2. The van der Waals surface area contributed by atoms with E-state index in [1.165, 1.54) is 12.1 Å². The van der Waals surface area contributed by atoms with Crippen LogP contribution in [0.15, 0.2) is 48.5 Å². The van der Waals surface area contributed by atoms with Crippen molar-refractivity contribution in [2.45, 2.75) is 19.4 Å². The molecule has 0 aromatic heterocycles. The number of ether oxygens (including phenoxy) is 1. The molecule has 2 aromatic carbocycles. The van der Waals surface area contributed by atoms with Crippen molar-refractivity contribution in [3.8, 4) is 0 Å². The summed E-state index contributed by atoms with van der Waals surface area (Å²) in [6, 6.07) is 13.7. The average molecular weight is 365 g/mol. The molecule has 2 N–H and O–H groups in total. The molecule has 132 valence electrons. The van der Waals surface area contributed by atoms with Gasteiger partial charge in [0.25, 0.3) is 0 Å². The van der Waals surface area contributed by atoms with Crippen molar-refractivity contribution in [2.75, 3.05) is 11.9 Å². The molecule has 0 spiro atoms. The highest BCUT2D eigenvalue weighted by atomic mass is 35.5. The highest BCUT2D eigenvalue weighted by molar-refractivity contribution is 6.31. The van der Waals surface area contributed by atoms with Crippen molar-refractivity contribution in [1.82, 2.24) is 5.32 Å². The van der Waals surface area contributed by atoms with Crippen molar-refractivity contribution in [2.24, 2.45) is 0 Å². The van der Waals surface area contributed by atoms with Crippen LogP contribution in [0.2, 0.25) is 5.02 Å². The lowest BCUT2D eigenvalue weighted by atomic mass is 10.2. The zero-order chi connectivity index (χ0) is 18.1. The Morgan fingerprint density at radius 1 is 1.08 bits per heavy atom. The number of hydrogen-bond acceptors (Lipinski definition) is 3. The van der Waals surface area contributed by atoms with Gasteiger partial charge in [0, 0.05) is 13.0 Å². The van der Waals surface area contributed by atoms with Crippen LogP contribution in [-0.4, -0.2) is 18.5 Å². The lowest BCUT2D eigenvalue weighted by Gasteiger charge is -2.08. The molecule has 0 heterocycles. The summed E-state index contributed by atoms with van der Waals surface area (Å²) in [4.78, 5) is 23.3. The highest BCUT2D eigenvalue weighted by Gasteiger charge is 2.10. The topological polar surface area (TPSA) is 67.4 Å². The quantitative estimate of drug-likeness (QED) is 0.726. The molecule has 0 aliphatic heterocycles. The van der Waals surface area contributed by atoms with Gasteiger partial charge in [0.1, 0.15) is 6.61 Å². The third kappa shape index (κ3) is 6.43. The molecule has 0 bridgehead atoms. The molecule has 5 nitrogen and oxygen atoms in total. The van der Waals surface area contributed by atoms with Crippen LogP contribution in [0.3, 0.4) is 0 Å². The van der Waals surface area contributed by atoms with Gasteiger partial charge in [-0.3, -0.25) is 4.79 Å². The summed E-state index contributed by atoms with van der Waals surface area (Å²) in [6.45, 7) is 0.459. The van der Waals surface area contributed by atoms with E-state index >= 15 is 0 Å². The summed E-state index contributed by atoms with van der Waals surface area (Å²) >= 11 is 5.65. The van der Waals surface area contributed by atoms with Crippen LogP contribution in [-0.2, 0) is 16.1 Å². The largest absolute Gasteiger partial charge is 0.445 e. The van der Waals surface area contributed by atoms with Crippen LogP contribution in [0.1, 0.15) is 18.4 Å². The van der Waals surface area contributed by atoms with Crippen LogP contribution >= 0.6 is 11.6 Å². The Kier molecular flexibility index (Phi) is 7.22. The van der Waals surface area contributed by atoms with Gasteiger partial charge in [0.2, 0.25) is 5.91 Å². The van der Waals surface area contributed by atoms with Crippen molar-refractivity contribution in [3.05, 3.63) is 64.9 Å². The number of carbonyl (C=O) groups excluding carboxylic acids is 2. The van der Waals surface area contributed by atoms with Crippen molar-refractivity contribution >= 4 is 29.3 Å². The lowest BCUT2D eigenvalue weighted by molar-refractivity contribution is -0.116. The smallest absolute Gasteiger partial charge is 0.407 e. The lowest BCUT2D eigenvalue weighted by Crippen LogP contribution is -2.26. The summed E-state index contributed by atoms with van der Waals surface area (Å²) in [5.41, 5.74) is 0.924. The van der Waals surface area contributed by atoms with Gasteiger partial charge in [0.15, 0.2) is 5.82 Å². The Morgan fingerprint density at radius 3 is 2.60 bits per heavy atom. The van der Waals surface area contributed by atoms with Crippen LogP contribution in [0.5, 0.6) is 0 Å². The van der Waals surface area contributed by atoms with Gasteiger partial charge in [-0.25, -0.2) is 9.18 Å².